The number of aromatic nitrogens is 1. The molecule has 1 aromatic heterocycles. The van der Waals surface area contributed by atoms with E-state index in [-0.39, 0.29) is 18.1 Å². The summed E-state index contributed by atoms with van der Waals surface area (Å²) in [6.07, 6.45) is -3.01. The quantitative estimate of drug-likeness (QED) is 0.380. The van der Waals surface area contributed by atoms with Gasteiger partial charge in [0.25, 0.3) is 0 Å². The summed E-state index contributed by atoms with van der Waals surface area (Å²) in [4.78, 5) is 16.8. The predicted molar refractivity (Wildman–Crippen MR) is 114 cm³/mol. The van der Waals surface area contributed by atoms with Crippen molar-refractivity contribution in [3.63, 3.8) is 0 Å². The summed E-state index contributed by atoms with van der Waals surface area (Å²) in [7, 11) is 0. The molecule has 0 fully saturated rings. The first kappa shape index (κ1) is 20.9. The van der Waals surface area contributed by atoms with E-state index in [1.165, 1.54) is 41.3 Å². The number of aromatic amines is 1. The average Bonchev–Trinajstić information content (AvgIpc) is 3.33. The normalized spacial score (nSPS) is 15.6. The Balaban J connectivity index is 1.53. The van der Waals surface area contributed by atoms with E-state index in [1.807, 2.05) is 18.2 Å². The number of carbonyl (C=O) groups excluding carboxylic acids is 1. The number of carbonyl (C=O) groups is 1. The molecule has 1 aliphatic rings. The standard InChI is InChI=1S/C24H17F4N3O2/c25-16-4-8-21-19(10-16)20(11-30-21)22-18-7-3-14(9-15(18)12-31(22)23(29)32)13-1-5-17(6-2-13)33-24(26,27)28/h1-11,22,30H,12H2,(H2,29,32). The van der Waals surface area contributed by atoms with Crippen molar-refractivity contribution in [1.29, 1.82) is 0 Å². The Labute approximate surface area is 185 Å². The number of amides is 2. The monoisotopic (exact) mass is 455 g/mol. The smallest absolute Gasteiger partial charge is 0.406 e. The van der Waals surface area contributed by atoms with Crippen LogP contribution in [0.1, 0.15) is 22.7 Å². The maximum absolute atomic E-state index is 13.9. The van der Waals surface area contributed by atoms with E-state index in [9.17, 15) is 22.4 Å². The summed E-state index contributed by atoms with van der Waals surface area (Å²) in [6.45, 7) is 0.250. The lowest BCUT2D eigenvalue weighted by molar-refractivity contribution is -0.274. The molecule has 1 aliphatic heterocycles. The van der Waals surface area contributed by atoms with Crippen molar-refractivity contribution in [3.05, 3.63) is 89.4 Å². The van der Waals surface area contributed by atoms with Crippen LogP contribution in [0.25, 0.3) is 22.0 Å². The molecule has 2 heterocycles. The van der Waals surface area contributed by atoms with Crippen molar-refractivity contribution in [2.75, 3.05) is 0 Å². The first-order valence-electron chi connectivity index (χ1n) is 10.0. The molecule has 9 heteroatoms. The summed E-state index contributed by atoms with van der Waals surface area (Å²) in [5.74, 6) is -0.695. The number of ether oxygens (including phenoxy) is 1. The van der Waals surface area contributed by atoms with E-state index in [4.69, 9.17) is 5.73 Å². The zero-order chi connectivity index (χ0) is 23.3. The van der Waals surface area contributed by atoms with Gasteiger partial charge in [-0.05, 0) is 58.7 Å². The second-order valence-electron chi connectivity index (χ2n) is 7.79. The molecule has 0 spiro atoms. The van der Waals surface area contributed by atoms with Gasteiger partial charge in [-0.15, -0.1) is 13.2 Å². The summed E-state index contributed by atoms with van der Waals surface area (Å²) in [5.41, 5.74) is 10.3. The Morgan fingerprint density at radius 3 is 2.42 bits per heavy atom. The number of alkyl halides is 3. The highest BCUT2D eigenvalue weighted by molar-refractivity contribution is 5.86. The molecule has 0 saturated heterocycles. The zero-order valence-electron chi connectivity index (χ0n) is 17.0. The number of nitrogens with two attached hydrogens (primary N) is 1. The van der Waals surface area contributed by atoms with Crippen molar-refractivity contribution < 1.29 is 27.1 Å². The van der Waals surface area contributed by atoms with Gasteiger partial charge >= 0.3 is 12.4 Å². The number of hydrogen-bond acceptors (Lipinski definition) is 2. The zero-order valence-corrected chi connectivity index (χ0v) is 17.0. The van der Waals surface area contributed by atoms with Gasteiger partial charge in [-0.25, -0.2) is 9.18 Å². The molecule has 0 aliphatic carbocycles. The van der Waals surface area contributed by atoms with Crippen LogP contribution >= 0.6 is 0 Å². The van der Waals surface area contributed by atoms with Gasteiger partial charge in [-0.3, -0.25) is 0 Å². The van der Waals surface area contributed by atoms with Gasteiger partial charge in [0, 0.05) is 29.2 Å². The second-order valence-corrected chi connectivity index (χ2v) is 7.79. The fourth-order valence-corrected chi connectivity index (χ4v) is 4.36. The van der Waals surface area contributed by atoms with Gasteiger partial charge in [0.1, 0.15) is 11.6 Å². The topological polar surface area (TPSA) is 71.3 Å². The fourth-order valence-electron chi connectivity index (χ4n) is 4.36. The number of hydrogen-bond donors (Lipinski definition) is 2. The highest BCUT2D eigenvalue weighted by atomic mass is 19.4. The van der Waals surface area contributed by atoms with Gasteiger partial charge in [0.2, 0.25) is 0 Å². The lowest BCUT2D eigenvalue weighted by Crippen LogP contribution is -2.34. The molecule has 0 bridgehead atoms. The van der Waals surface area contributed by atoms with Crippen molar-refractivity contribution in [3.8, 4) is 16.9 Å². The molecule has 0 saturated carbocycles. The third-order valence-electron chi connectivity index (χ3n) is 5.76. The third-order valence-corrected chi connectivity index (χ3v) is 5.76. The number of primary amides is 1. The number of nitrogens with zero attached hydrogens (tertiary/aromatic N) is 1. The molecule has 5 nitrogen and oxygen atoms in total. The predicted octanol–water partition coefficient (Wildman–Crippen LogP) is 5.86. The van der Waals surface area contributed by atoms with Gasteiger partial charge < -0.3 is 20.4 Å². The Hall–Kier alpha value is -4.01. The molecule has 1 unspecified atom stereocenters. The van der Waals surface area contributed by atoms with Gasteiger partial charge in [0.15, 0.2) is 0 Å². The number of halogens is 4. The molecule has 3 N–H and O–H groups in total. The number of rotatable bonds is 3. The Bertz CT molecular complexity index is 1360. The average molecular weight is 455 g/mol. The van der Waals surface area contributed by atoms with Crippen LogP contribution in [0.4, 0.5) is 22.4 Å². The van der Waals surface area contributed by atoms with E-state index < -0.39 is 18.4 Å². The fraction of sp³-hybridized carbons (Fsp3) is 0.125. The van der Waals surface area contributed by atoms with E-state index in [0.717, 1.165) is 27.8 Å². The lowest BCUT2D eigenvalue weighted by atomic mass is 9.94. The molecule has 2 amide bonds. The number of urea groups is 1. The molecule has 3 aromatic carbocycles. The Morgan fingerprint density at radius 2 is 1.73 bits per heavy atom. The summed E-state index contributed by atoms with van der Waals surface area (Å²) < 4.78 is 55.0. The van der Waals surface area contributed by atoms with Gasteiger partial charge in [-0.1, -0.05) is 24.3 Å². The molecule has 1 atom stereocenters. The summed E-state index contributed by atoms with van der Waals surface area (Å²) in [5, 5.41) is 0.656. The molecule has 4 aromatic rings. The van der Waals surface area contributed by atoms with Crippen LogP contribution in [0.3, 0.4) is 0 Å². The van der Waals surface area contributed by atoms with Crippen LogP contribution in [0, 0.1) is 5.82 Å². The highest BCUT2D eigenvalue weighted by Gasteiger charge is 2.35. The van der Waals surface area contributed by atoms with Crippen LogP contribution in [-0.4, -0.2) is 22.3 Å². The van der Waals surface area contributed by atoms with Crippen LogP contribution in [0.2, 0.25) is 0 Å². The number of H-pyrrole nitrogens is 1. The SMILES string of the molecule is NC(=O)N1Cc2cc(-c3ccc(OC(F)(F)F)cc3)ccc2C1c1c[nH]c2ccc(F)cc12. The molecule has 5 rings (SSSR count). The van der Waals surface area contributed by atoms with Crippen molar-refractivity contribution in [2.45, 2.75) is 18.9 Å². The first-order chi connectivity index (χ1) is 15.7. The molecule has 168 valence electrons. The Morgan fingerprint density at radius 1 is 1.00 bits per heavy atom. The summed E-state index contributed by atoms with van der Waals surface area (Å²) >= 11 is 0. The molecular formula is C24H17F4N3O2. The number of nitrogens with one attached hydrogen (secondary N) is 1. The minimum Gasteiger partial charge on any atom is -0.406 e. The second kappa shape index (κ2) is 7.54. The highest BCUT2D eigenvalue weighted by Crippen LogP contribution is 2.42. The minimum absolute atomic E-state index is 0.250. The van der Waals surface area contributed by atoms with E-state index in [2.05, 4.69) is 9.72 Å². The van der Waals surface area contributed by atoms with Crippen molar-refractivity contribution in [2.24, 2.45) is 5.73 Å². The van der Waals surface area contributed by atoms with Crippen molar-refractivity contribution in [1.82, 2.24) is 9.88 Å². The van der Waals surface area contributed by atoms with E-state index in [1.54, 1.807) is 12.3 Å². The lowest BCUT2D eigenvalue weighted by Gasteiger charge is -2.23. The van der Waals surface area contributed by atoms with E-state index in [0.29, 0.717) is 10.9 Å². The van der Waals surface area contributed by atoms with E-state index >= 15 is 0 Å². The largest absolute Gasteiger partial charge is 0.573 e. The Kier molecular flexibility index (Phi) is 4.77. The van der Waals surface area contributed by atoms with Crippen LogP contribution in [-0.2, 0) is 6.54 Å². The van der Waals surface area contributed by atoms with Gasteiger partial charge in [-0.2, -0.15) is 0 Å². The van der Waals surface area contributed by atoms with Crippen molar-refractivity contribution >= 4 is 16.9 Å². The first-order valence-corrected chi connectivity index (χ1v) is 10.0. The van der Waals surface area contributed by atoms with Crippen LogP contribution in [0.5, 0.6) is 5.75 Å². The van der Waals surface area contributed by atoms with Crippen LogP contribution in [0.15, 0.2) is 66.9 Å². The van der Waals surface area contributed by atoms with Gasteiger partial charge in [0.05, 0.1) is 6.04 Å². The maximum atomic E-state index is 13.9. The number of fused-ring (bicyclic) bond motifs is 2. The molecule has 0 radical (unpaired) electrons. The molecule has 33 heavy (non-hydrogen) atoms. The minimum atomic E-state index is -4.76. The number of benzene rings is 3. The van der Waals surface area contributed by atoms with Crippen LogP contribution < -0.4 is 10.5 Å². The molecular weight excluding hydrogens is 438 g/mol. The third kappa shape index (κ3) is 3.86. The maximum Gasteiger partial charge on any atom is 0.573 e. The summed E-state index contributed by atoms with van der Waals surface area (Å²) in [6, 6.07) is 14.4.